The second kappa shape index (κ2) is 8.48. The van der Waals surface area contributed by atoms with Gasteiger partial charge in [0.05, 0.1) is 6.10 Å². The normalized spacial score (nSPS) is 14.6. The van der Waals surface area contributed by atoms with Crippen molar-refractivity contribution in [2.24, 2.45) is 11.7 Å². The number of carbonyl (C=O) groups is 1. The van der Waals surface area contributed by atoms with E-state index in [1.165, 1.54) is 0 Å². The fourth-order valence-electron chi connectivity index (χ4n) is 2.77. The fraction of sp³-hybridized carbons (Fsp3) is 0.350. The Bertz CT molecular complexity index is 716. The highest BCUT2D eigenvalue weighted by atomic mass is 35.5. The fourth-order valence-corrected chi connectivity index (χ4v) is 2.97. The Balaban J connectivity index is 2.03. The summed E-state index contributed by atoms with van der Waals surface area (Å²) in [4.78, 5) is 13.5. The molecular weight excluding hydrogens is 336 g/mol. The van der Waals surface area contributed by atoms with Crippen LogP contribution in [0.1, 0.15) is 34.5 Å². The van der Waals surface area contributed by atoms with Gasteiger partial charge in [-0.2, -0.15) is 0 Å². The molecule has 0 aliphatic rings. The van der Waals surface area contributed by atoms with Gasteiger partial charge in [0.25, 0.3) is 5.91 Å². The van der Waals surface area contributed by atoms with E-state index in [9.17, 15) is 9.90 Å². The van der Waals surface area contributed by atoms with Gasteiger partial charge in [-0.05, 0) is 47.7 Å². The highest BCUT2D eigenvalue weighted by Gasteiger charge is 2.23. The van der Waals surface area contributed by atoms with Crippen molar-refractivity contribution in [3.05, 3.63) is 70.2 Å². The Hall–Kier alpha value is -1.88. The summed E-state index contributed by atoms with van der Waals surface area (Å²) >= 11 is 5.98. The quantitative estimate of drug-likeness (QED) is 0.830. The van der Waals surface area contributed by atoms with E-state index < -0.39 is 12.1 Å². The summed E-state index contributed by atoms with van der Waals surface area (Å²) in [5.74, 6) is 0.0389. The monoisotopic (exact) mass is 360 g/mol. The lowest BCUT2D eigenvalue weighted by molar-refractivity contribution is 0.0827. The summed E-state index contributed by atoms with van der Waals surface area (Å²) in [5, 5.41) is 11.1. The molecule has 3 unspecified atom stereocenters. The number of amides is 1. The van der Waals surface area contributed by atoms with Crippen molar-refractivity contribution in [2.45, 2.75) is 25.5 Å². The van der Waals surface area contributed by atoms with Crippen LogP contribution < -0.4 is 5.73 Å². The highest BCUT2D eigenvalue weighted by molar-refractivity contribution is 6.30. The molecule has 5 heteroatoms. The number of aliphatic hydroxyl groups is 1. The average molecular weight is 361 g/mol. The van der Waals surface area contributed by atoms with Gasteiger partial charge < -0.3 is 15.7 Å². The van der Waals surface area contributed by atoms with Crippen LogP contribution in [0.25, 0.3) is 0 Å². The molecule has 0 bridgehead atoms. The number of nitrogens with zero attached hydrogens (tertiary/aromatic N) is 1. The lowest BCUT2D eigenvalue weighted by Gasteiger charge is -2.25. The van der Waals surface area contributed by atoms with Gasteiger partial charge in [0.1, 0.15) is 0 Å². The van der Waals surface area contributed by atoms with E-state index in [4.69, 9.17) is 17.3 Å². The standard InChI is InChI=1S/C20H25ClN2O2/c1-13(18(22)19(24)16-5-4-6-17(21)12-16)11-14-7-9-15(10-8-14)20(25)23(2)3/h4-10,12-13,18-19,24H,11,22H2,1-3H3. The molecule has 134 valence electrons. The van der Waals surface area contributed by atoms with Crippen molar-refractivity contribution in [1.29, 1.82) is 0 Å². The molecule has 0 aromatic heterocycles. The number of nitrogens with two attached hydrogens (primary N) is 1. The minimum absolute atomic E-state index is 0.0207. The first-order valence-electron chi connectivity index (χ1n) is 8.29. The van der Waals surface area contributed by atoms with Crippen molar-refractivity contribution in [2.75, 3.05) is 14.1 Å². The van der Waals surface area contributed by atoms with Gasteiger partial charge in [-0.25, -0.2) is 0 Å². The third-order valence-electron chi connectivity index (χ3n) is 4.38. The zero-order valence-corrected chi connectivity index (χ0v) is 15.6. The molecule has 2 aromatic carbocycles. The minimum Gasteiger partial charge on any atom is -0.387 e. The molecule has 3 atom stereocenters. The van der Waals surface area contributed by atoms with Gasteiger partial charge in [0.2, 0.25) is 0 Å². The number of hydrogen-bond donors (Lipinski definition) is 2. The van der Waals surface area contributed by atoms with Crippen LogP contribution in [-0.2, 0) is 6.42 Å². The first kappa shape index (κ1) is 19.4. The van der Waals surface area contributed by atoms with Crippen LogP contribution in [0.4, 0.5) is 0 Å². The number of hydrogen-bond acceptors (Lipinski definition) is 3. The third-order valence-corrected chi connectivity index (χ3v) is 4.61. The van der Waals surface area contributed by atoms with Gasteiger partial charge in [0.15, 0.2) is 0 Å². The number of aliphatic hydroxyl groups excluding tert-OH is 1. The first-order valence-corrected chi connectivity index (χ1v) is 8.67. The van der Waals surface area contributed by atoms with E-state index in [1.54, 1.807) is 37.2 Å². The first-order chi connectivity index (χ1) is 11.8. The van der Waals surface area contributed by atoms with Crippen LogP contribution in [-0.4, -0.2) is 36.1 Å². The van der Waals surface area contributed by atoms with Crippen LogP contribution in [0, 0.1) is 5.92 Å². The van der Waals surface area contributed by atoms with Crippen molar-refractivity contribution < 1.29 is 9.90 Å². The lowest BCUT2D eigenvalue weighted by Crippen LogP contribution is -2.36. The van der Waals surface area contributed by atoms with Crippen molar-refractivity contribution >= 4 is 17.5 Å². The van der Waals surface area contributed by atoms with Gasteiger partial charge in [0, 0.05) is 30.7 Å². The number of carbonyl (C=O) groups excluding carboxylic acids is 1. The summed E-state index contributed by atoms with van der Waals surface area (Å²) in [6.45, 7) is 2.01. The van der Waals surface area contributed by atoms with E-state index in [1.807, 2.05) is 37.3 Å². The number of rotatable bonds is 6. The zero-order valence-electron chi connectivity index (χ0n) is 14.8. The van der Waals surface area contributed by atoms with Crippen LogP contribution >= 0.6 is 11.6 Å². The van der Waals surface area contributed by atoms with Crippen molar-refractivity contribution in [3.8, 4) is 0 Å². The molecule has 0 radical (unpaired) electrons. The van der Waals surface area contributed by atoms with E-state index in [-0.39, 0.29) is 11.8 Å². The molecule has 0 fully saturated rings. The zero-order chi connectivity index (χ0) is 18.6. The van der Waals surface area contributed by atoms with E-state index in [0.717, 1.165) is 17.5 Å². The molecule has 2 aromatic rings. The Kier molecular flexibility index (Phi) is 6.59. The van der Waals surface area contributed by atoms with Crippen LogP contribution in [0.3, 0.4) is 0 Å². The summed E-state index contributed by atoms with van der Waals surface area (Å²) in [6.07, 6.45) is -0.0572. The second-order valence-corrected chi connectivity index (χ2v) is 7.09. The second-order valence-electron chi connectivity index (χ2n) is 6.66. The molecule has 3 N–H and O–H groups in total. The van der Waals surface area contributed by atoms with Crippen LogP contribution in [0.5, 0.6) is 0 Å². The molecule has 0 saturated carbocycles. The Morgan fingerprint density at radius 2 is 1.84 bits per heavy atom. The molecule has 2 rings (SSSR count). The average Bonchev–Trinajstić information content (AvgIpc) is 2.60. The Morgan fingerprint density at radius 3 is 2.40 bits per heavy atom. The molecule has 0 saturated heterocycles. The van der Waals surface area contributed by atoms with Gasteiger partial charge in [-0.15, -0.1) is 0 Å². The number of benzene rings is 2. The molecule has 0 spiro atoms. The molecule has 4 nitrogen and oxygen atoms in total. The summed E-state index contributed by atoms with van der Waals surface area (Å²) < 4.78 is 0. The maximum absolute atomic E-state index is 11.9. The predicted molar refractivity (Wildman–Crippen MR) is 102 cm³/mol. The Morgan fingerprint density at radius 1 is 1.20 bits per heavy atom. The molecule has 25 heavy (non-hydrogen) atoms. The SMILES string of the molecule is CC(Cc1ccc(C(=O)N(C)C)cc1)C(N)C(O)c1cccc(Cl)c1. The van der Waals surface area contributed by atoms with E-state index in [0.29, 0.717) is 10.6 Å². The van der Waals surface area contributed by atoms with Gasteiger partial charge in [-0.3, -0.25) is 4.79 Å². The molecule has 0 heterocycles. The predicted octanol–water partition coefficient (Wildman–Crippen LogP) is 3.28. The van der Waals surface area contributed by atoms with Gasteiger partial charge >= 0.3 is 0 Å². The number of halogens is 1. The lowest BCUT2D eigenvalue weighted by atomic mass is 9.88. The van der Waals surface area contributed by atoms with Crippen molar-refractivity contribution in [3.63, 3.8) is 0 Å². The van der Waals surface area contributed by atoms with E-state index >= 15 is 0 Å². The van der Waals surface area contributed by atoms with Gasteiger partial charge in [-0.1, -0.05) is 42.8 Å². The topological polar surface area (TPSA) is 66.6 Å². The van der Waals surface area contributed by atoms with E-state index in [2.05, 4.69) is 0 Å². The molecule has 0 aliphatic carbocycles. The smallest absolute Gasteiger partial charge is 0.253 e. The summed E-state index contributed by atoms with van der Waals surface area (Å²) in [5.41, 5.74) is 8.71. The maximum Gasteiger partial charge on any atom is 0.253 e. The Labute approximate surface area is 154 Å². The summed E-state index contributed by atoms with van der Waals surface area (Å²) in [6, 6.07) is 14.2. The molecular formula is C20H25ClN2O2. The summed E-state index contributed by atoms with van der Waals surface area (Å²) in [7, 11) is 3.46. The van der Waals surface area contributed by atoms with Crippen LogP contribution in [0.2, 0.25) is 5.02 Å². The van der Waals surface area contributed by atoms with Crippen LogP contribution in [0.15, 0.2) is 48.5 Å². The molecule has 1 amide bonds. The third kappa shape index (κ3) is 5.05. The molecule has 0 aliphatic heterocycles. The minimum atomic E-state index is -0.775. The maximum atomic E-state index is 11.9. The highest BCUT2D eigenvalue weighted by Crippen LogP contribution is 2.25. The van der Waals surface area contributed by atoms with Crippen molar-refractivity contribution in [1.82, 2.24) is 4.90 Å². The largest absolute Gasteiger partial charge is 0.387 e.